The summed E-state index contributed by atoms with van der Waals surface area (Å²) >= 11 is 12.6. The maximum absolute atomic E-state index is 12.8. The van der Waals surface area contributed by atoms with Crippen molar-refractivity contribution in [1.29, 1.82) is 0 Å². The number of hydrogen-bond acceptors (Lipinski definition) is 3. The van der Waals surface area contributed by atoms with Gasteiger partial charge in [-0.15, -0.1) is 0 Å². The lowest BCUT2D eigenvalue weighted by molar-refractivity contribution is -0.117. The van der Waals surface area contributed by atoms with Crippen LogP contribution in [0.2, 0.25) is 10.0 Å². The number of nitrogens with one attached hydrogen (secondary N) is 1. The van der Waals surface area contributed by atoms with Gasteiger partial charge in [-0.3, -0.25) is 4.79 Å². The normalized spacial score (nSPS) is 15.1. The van der Waals surface area contributed by atoms with E-state index < -0.39 is 0 Å². The summed E-state index contributed by atoms with van der Waals surface area (Å²) in [5.74, 6) is 0.667. The van der Waals surface area contributed by atoms with Gasteiger partial charge in [-0.2, -0.15) is 0 Å². The molecule has 0 atom stereocenters. The molecule has 2 aromatic carbocycles. The minimum absolute atomic E-state index is 0.0623. The molecular formula is C27H29Cl2NO3. The molecule has 1 N–H and O–H groups in total. The summed E-state index contributed by atoms with van der Waals surface area (Å²) in [7, 11) is 0. The Hall–Kier alpha value is -2.43. The number of aryl methyl sites for hydroxylation is 1. The van der Waals surface area contributed by atoms with E-state index in [0.717, 1.165) is 57.4 Å². The molecule has 0 bridgehead atoms. The van der Waals surface area contributed by atoms with Crippen LogP contribution in [0.1, 0.15) is 57.1 Å². The van der Waals surface area contributed by atoms with Crippen molar-refractivity contribution in [3.63, 3.8) is 0 Å². The second-order valence-electron chi connectivity index (χ2n) is 8.63. The Balaban J connectivity index is 1.77. The Morgan fingerprint density at radius 3 is 2.64 bits per heavy atom. The molecule has 3 aromatic rings. The predicted molar refractivity (Wildman–Crippen MR) is 136 cm³/mol. The van der Waals surface area contributed by atoms with Crippen molar-refractivity contribution in [2.45, 2.75) is 58.9 Å². The number of allylic oxidation sites excluding steroid dienone is 1. The number of carbonyl (C=O) groups is 1. The van der Waals surface area contributed by atoms with E-state index in [9.17, 15) is 4.79 Å². The third-order valence-corrected chi connectivity index (χ3v) is 6.83. The Kier molecular flexibility index (Phi) is 7.35. The van der Waals surface area contributed by atoms with Crippen LogP contribution in [0.25, 0.3) is 27.7 Å². The van der Waals surface area contributed by atoms with E-state index in [2.05, 4.69) is 5.32 Å². The third kappa shape index (κ3) is 5.07. The molecule has 4 rings (SSSR count). The van der Waals surface area contributed by atoms with Gasteiger partial charge >= 0.3 is 0 Å². The van der Waals surface area contributed by atoms with Crippen molar-refractivity contribution in [3.05, 3.63) is 57.8 Å². The zero-order valence-corrected chi connectivity index (χ0v) is 20.8. The van der Waals surface area contributed by atoms with Gasteiger partial charge in [0.25, 0.3) is 0 Å². The van der Waals surface area contributed by atoms with Crippen LogP contribution in [0, 0.1) is 6.92 Å². The van der Waals surface area contributed by atoms with Crippen LogP contribution < -0.4 is 10.1 Å². The molecule has 4 nitrogen and oxygen atoms in total. The molecule has 1 fully saturated rings. The molecule has 174 valence electrons. The van der Waals surface area contributed by atoms with Crippen LogP contribution in [0.15, 0.2) is 41.0 Å². The van der Waals surface area contributed by atoms with E-state index in [0.29, 0.717) is 16.7 Å². The number of furan rings is 1. The van der Waals surface area contributed by atoms with Crippen molar-refractivity contribution < 1.29 is 13.9 Å². The number of amides is 1. The summed E-state index contributed by atoms with van der Waals surface area (Å²) in [6.07, 6.45) is 9.09. The highest BCUT2D eigenvalue weighted by atomic mass is 35.5. The SMILES string of the molecule is CCOc1c(/C(C)=C/C(=O)NC2CCCCC2)cc2c(-c3ccc(Cl)cc3Cl)coc2c1C. The molecule has 6 heteroatoms. The molecule has 1 aliphatic carbocycles. The molecule has 0 unspecified atom stereocenters. The van der Waals surface area contributed by atoms with Crippen LogP contribution in [-0.2, 0) is 4.79 Å². The number of hydrogen-bond donors (Lipinski definition) is 1. The zero-order chi connectivity index (χ0) is 23.5. The summed E-state index contributed by atoms with van der Waals surface area (Å²) in [5.41, 5.74) is 5.05. The van der Waals surface area contributed by atoms with Crippen LogP contribution in [0.3, 0.4) is 0 Å². The van der Waals surface area contributed by atoms with Crippen molar-refractivity contribution in [3.8, 4) is 16.9 Å². The Morgan fingerprint density at radius 2 is 1.94 bits per heavy atom. The van der Waals surface area contributed by atoms with E-state index in [1.165, 1.54) is 19.3 Å². The van der Waals surface area contributed by atoms with Gasteiger partial charge in [-0.05, 0) is 57.4 Å². The molecule has 1 heterocycles. The minimum atomic E-state index is -0.0623. The fourth-order valence-corrected chi connectivity index (χ4v) is 5.13. The average molecular weight is 486 g/mol. The summed E-state index contributed by atoms with van der Waals surface area (Å²) in [6.45, 7) is 6.38. The van der Waals surface area contributed by atoms with Crippen molar-refractivity contribution in [2.24, 2.45) is 0 Å². The Morgan fingerprint density at radius 1 is 1.18 bits per heavy atom. The number of ether oxygens (including phenoxy) is 1. The average Bonchev–Trinajstić information content (AvgIpc) is 3.20. The molecule has 1 saturated carbocycles. The number of fused-ring (bicyclic) bond motifs is 1. The maximum atomic E-state index is 12.8. The van der Waals surface area contributed by atoms with E-state index in [1.54, 1.807) is 18.4 Å². The van der Waals surface area contributed by atoms with Gasteiger partial charge in [-0.25, -0.2) is 0 Å². The number of halogens is 2. The van der Waals surface area contributed by atoms with Gasteiger partial charge in [0.15, 0.2) is 0 Å². The van der Waals surface area contributed by atoms with Gasteiger partial charge in [-0.1, -0.05) is 48.5 Å². The molecule has 0 spiro atoms. The highest BCUT2D eigenvalue weighted by Crippen LogP contribution is 2.42. The standard InChI is InChI=1S/C27H29Cl2NO3/c1-4-32-26-17(3)27-22(23(15-33-27)20-11-10-18(28)13-24(20)29)14-21(26)16(2)12-25(31)30-19-8-6-5-7-9-19/h10-15,19H,4-9H2,1-3H3,(H,30,31)/b16-12+. The molecule has 0 aliphatic heterocycles. The van der Waals surface area contributed by atoms with E-state index in [4.69, 9.17) is 32.4 Å². The molecule has 1 aliphatic rings. The first-order valence-electron chi connectivity index (χ1n) is 11.5. The molecule has 0 saturated heterocycles. The van der Waals surface area contributed by atoms with Crippen LogP contribution in [0.5, 0.6) is 5.75 Å². The first kappa shape index (κ1) is 23.7. The second-order valence-corrected chi connectivity index (χ2v) is 9.48. The smallest absolute Gasteiger partial charge is 0.244 e. The minimum Gasteiger partial charge on any atom is -0.493 e. The highest BCUT2D eigenvalue weighted by Gasteiger charge is 2.21. The molecule has 33 heavy (non-hydrogen) atoms. The first-order chi connectivity index (χ1) is 15.9. The number of rotatable bonds is 6. The zero-order valence-electron chi connectivity index (χ0n) is 19.3. The maximum Gasteiger partial charge on any atom is 0.244 e. The summed E-state index contributed by atoms with van der Waals surface area (Å²) in [4.78, 5) is 12.8. The van der Waals surface area contributed by atoms with Crippen LogP contribution in [-0.4, -0.2) is 18.6 Å². The van der Waals surface area contributed by atoms with E-state index >= 15 is 0 Å². The molecule has 1 amide bonds. The molecular weight excluding hydrogens is 457 g/mol. The lowest BCUT2D eigenvalue weighted by Crippen LogP contribution is -2.35. The third-order valence-electron chi connectivity index (χ3n) is 6.28. The lowest BCUT2D eigenvalue weighted by Gasteiger charge is -2.22. The predicted octanol–water partition coefficient (Wildman–Crippen LogP) is 7.97. The second kappa shape index (κ2) is 10.2. The molecule has 0 radical (unpaired) electrons. The van der Waals surface area contributed by atoms with Gasteiger partial charge in [0.05, 0.1) is 17.9 Å². The number of benzene rings is 2. The van der Waals surface area contributed by atoms with Gasteiger partial charge in [0.2, 0.25) is 5.91 Å². The van der Waals surface area contributed by atoms with Crippen molar-refractivity contribution in [1.82, 2.24) is 5.32 Å². The summed E-state index contributed by atoms with van der Waals surface area (Å²) in [5, 5.41) is 5.21. The number of carbonyl (C=O) groups excluding carboxylic acids is 1. The lowest BCUT2D eigenvalue weighted by atomic mass is 9.95. The van der Waals surface area contributed by atoms with Gasteiger partial charge in [0.1, 0.15) is 11.3 Å². The summed E-state index contributed by atoms with van der Waals surface area (Å²) < 4.78 is 12.0. The monoisotopic (exact) mass is 485 g/mol. The summed E-state index contributed by atoms with van der Waals surface area (Å²) in [6, 6.07) is 7.71. The van der Waals surface area contributed by atoms with Crippen molar-refractivity contribution in [2.75, 3.05) is 6.61 Å². The fourth-order valence-electron chi connectivity index (χ4n) is 4.62. The van der Waals surface area contributed by atoms with Gasteiger partial charge in [0, 0.05) is 44.8 Å². The van der Waals surface area contributed by atoms with Crippen LogP contribution >= 0.6 is 23.2 Å². The fraction of sp³-hybridized carbons (Fsp3) is 0.370. The largest absolute Gasteiger partial charge is 0.493 e. The molecule has 1 aromatic heterocycles. The van der Waals surface area contributed by atoms with Gasteiger partial charge < -0.3 is 14.5 Å². The Labute approximate surface area is 204 Å². The Bertz CT molecular complexity index is 1210. The highest BCUT2D eigenvalue weighted by molar-refractivity contribution is 6.36. The van der Waals surface area contributed by atoms with Crippen LogP contribution in [0.4, 0.5) is 0 Å². The quantitative estimate of drug-likeness (QED) is 0.360. The van der Waals surface area contributed by atoms with E-state index in [-0.39, 0.29) is 11.9 Å². The first-order valence-corrected chi connectivity index (χ1v) is 12.3. The van der Waals surface area contributed by atoms with Crippen molar-refractivity contribution >= 4 is 45.7 Å². The van der Waals surface area contributed by atoms with E-state index in [1.807, 2.05) is 39.0 Å². The topological polar surface area (TPSA) is 51.5 Å².